The van der Waals surface area contributed by atoms with Gasteiger partial charge >= 0.3 is 6.03 Å². The third-order valence-corrected chi connectivity index (χ3v) is 4.97. The van der Waals surface area contributed by atoms with E-state index in [-0.39, 0.29) is 11.6 Å². The predicted molar refractivity (Wildman–Crippen MR) is 92.0 cm³/mol. The molecule has 0 atom stereocenters. The van der Waals surface area contributed by atoms with Crippen molar-refractivity contribution in [2.24, 2.45) is 0 Å². The predicted octanol–water partition coefficient (Wildman–Crippen LogP) is 0.822. The Morgan fingerprint density at radius 1 is 1.17 bits per heavy atom. The third kappa shape index (κ3) is 4.35. The summed E-state index contributed by atoms with van der Waals surface area (Å²) in [7, 11) is 0. The molecule has 1 aromatic heterocycles. The molecule has 2 fully saturated rings. The standard InChI is InChI=1S/C17H27N5O2/c1-14-6-7-16(23)22(19-14)13-10-20-8-11-21(12-9-20)17(24)18-15-4-2-3-5-15/h6-7,15H,2-5,8-13H2,1H3,(H,18,24). The zero-order valence-electron chi connectivity index (χ0n) is 14.4. The fraction of sp³-hybridized carbons (Fsp3) is 0.706. The van der Waals surface area contributed by atoms with E-state index in [0.717, 1.165) is 51.3 Å². The average Bonchev–Trinajstić information content (AvgIpc) is 3.09. The Balaban J connectivity index is 1.42. The van der Waals surface area contributed by atoms with Crippen LogP contribution in [0.4, 0.5) is 4.79 Å². The molecule has 1 aromatic rings. The normalized spacial score (nSPS) is 19.6. The minimum atomic E-state index is -0.0600. The lowest BCUT2D eigenvalue weighted by molar-refractivity contribution is 0.133. The molecule has 1 saturated heterocycles. The number of aryl methyl sites for hydroxylation is 1. The maximum absolute atomic E-state index is 12.3. The molecule has 0 unspecified atom stereocenters. The van der Waals surface area contributed by atoms with Crippen molar-refractivity contribution in [1.82, 2.24) is 24.9 Å². The number of hydrogen-bond acceptors (Lipinski definition) is 4. The highest BCUT2D eigenvalue weighted by atomic mass is 16.2. The van der Waals surface area contributed by atoms with Crippen molar-refractivity contribution in [1.29, 1.82) is 0 Å². The number of hydrogen-bond donors (Lipinski definition) is 1. The molecule has 7 nitrogen and oxygen atoms in total. The van der Waals surface area contributed by atoms with Gasteiger partial charge < -0.3 is 10.2 Å². The molecular formula is C17H27N5O2. The number of nitrogens with zero attached hydrogens (tertiary/aromatic N) is 4. The highest BCUT2D eigenvalue weighted by Gasteiger charge is 2.24. The Hall–Kier alpha value is -1.89. The summed E-state index contributed by atoms with van der Waals surface area (Å²) < 4.78 is 1.52. The van der Waals surface area contributed by atoms with E-state index in [9.17, 15) is 9.59 Å². The van der Waals surface area contributed by atoms with Gasteiger partial charge in [0, 0.05) is 44.8 Å². The molecule has 1 aliphatic heterocycles. The summed E-state index contributed by atoms with van der Waals surface area (Å²) in [5.74, 6) is 0. The van der Waals surface area contributed by atoms with Crippen molar-refractivity contribution < 1.29 is 4.79 Å². The van der Waals surface area contributed by atoms with E-state index in [1.807, 2.05) is 11.8 Å². The van der Waals surface area contributed by atoms with Gasteiger partial charge in [0.2, 0.25) is 0 Å². The second-order valence-electron chi connectivity index (χ2n) is 6.80. The zero-order chi connectivity index (χ0) is 16.9. The average molecular weight is 333 g/mol. The quantitative estimate of drug-likeness (QED) is 0.886. The van der Waals surface area contributed by atoms with Gasteiger partial charge in [-0.3, -0.25) is 9.69 Å². The van der Waals surface area contributed by atoms with Crippen molar-refractivity contribution in [3.8, 4) is 0 Å². The number of aromatic nitrogens is 2. The summed E-state index contributed by atoms with van der Waals surface area (Å²) in [5.41, 5.74) is 0.790. The van der Waals surface area contributed by atoms with Crippen LogP contribution in [0.1, 0.15) is 31.4 Å². The first-order valence-electron chi connectivity index (χ1n) is 8.94. The van der Waals surface area contributed by atoms with Crippen LogP contribution in [-0.4, -0.2) is 64.4 Å². The first-order chi connectivity index (χ1) is 11.6. The van der Waals surface area contributed by atoms with E-state index in [1.54, 1.807) is 12.1 Å². The molecular weight excluding hydrogens is 306 g/mol. The number of nitrogens with one attached hydrogen (secondary N) is 1. The largest absolute Gasteiger partial charge is 0.335 e. The lowest BCUT2D eigenvalue weighted by atomic mass is 10.2. The summed E-state index contributed by atoms with van der Waals surface area (Å²) in [6, 6.07) is 3.75. The van der Waals surface area contributed by atoms with E-state index < -0.39 is 0 Å². The molecule has 0 aromatic carbocycles. The number of carbonyl (C=O) groups is 1. The topological polar surface area (TPSA) is 70.5 Å². The SMILES string of the molecule is Cc1ccc(=O)n(CCN2CCN(C(=O)NC3CCCC3)CC2)n1. The molecule has 2 amide bonds. The lowest BCUT2D eigenvalue weighted by Gasteiger charge is -2.35. The molecule has 7 heteroatoms. The van der Waals surface area contributed by atoms with Gasteiger partial charge in [0.25, 0.3) is 5.56 Å². The molecule has 132 valence electrons. The van der Waals surface area contributed by atoms with Gasteiger partial charge in [-0.1, -0.05) is 12.8 Å². The smallest absolute Gasteiger partial charge is 0.317 e. The van der Waals surface area contributed by atoms with E-state index >= 15 is 0 Å². The summed E-state index contributed by atoms with van der Waals surface area (Å²) in [6.45, 7) is 6.45. The first-order valence-corrected chi connectivity index (χ1v) is 8.94. The van der Waals surface area contributed by atoms with Gasteiger partial charge in [0.1, 0.15) is 0 Å². The number of amides is 2. The number of rotatable bonds is 4. The fourth-order valence-corrected chi connectivity index (χ4v) is 3.46. The van der Waals surface area contributed by atoms with Gasteiger partial charge in [-0.15, -0.1) is 0 Å². The highest BCUT2D eigenvalue weighted by molar-refractivity contribution is 5.74. The van der Waals surface area contributed by atoms with Crippen LogP contribution >= 0.6 is 0 Å². The summed E-state index contributed by atoms with van der Waals surface area (Å²) in [6.07, 6.45) is 4.68. The van der Waals surface area contributed by atoms with Gasteiger partial charge in [-0.2, -0.15) is 5.10 Å². The maximum atomic E-state index is 12.3. The van der Waals surface area contributed by atoms with Crippen LogP contribution in [0.5, 0.6) is 0 Å². The van der Waals surface area contributed by atoms with Crippen LogP contribution in [0.2, 0.25) is 0 Å². The summed E-state index contributed by atoms with van der Waals surface area (Å²) in [4.78, 5) is 28.2. The summed E-state index contributed by atoms with van der Waals surface area (Å²) >= 11 is 0. The van der Waals surface area contributed by atoms with Gasteiger partial charge in [0.15, 0.2) is 0 Å². The second kappa shape index (κ2) is 7.79. The van der Waals surface area contributed by atoms with Crippen molar-refractivity contribution in [3.05, 3.63) is 28.2 Å². The molecule has 1 aliphatic carbocycles. The molecule has 1 saturated carbocycles. The van der Waals surface area contributed by atoms with Crippen LogP contribution in [-0.2, 0) is 6.54 Å². The van der Waals surface area contributed by atoms with Crippen molar-refractivity contribution in [2.75, 3.05) is 32.7 Å². The van der Waals surface area contributed by atoms with Gasteiger partial charge in [-0.25, -0.2) is 9.48 Å². The highest BCUT2D eigenvalue weighted by Crippen LogP contribution is 2.18. The molecule has 3 rings (SSSR count). The van der Waals surface area contributed by atoms with Crippen LogP contribution in [0.3, 0.4) is 0 Å². The Kier molecular flexibility index (Phi) is 5.50. The molecule has 0 spiro atoms. The van der Waals surface area contributed by atoms with Crippen LogP contribution in [0.15, 0.2) is 16.9 Å². The van der Waals surface area contributed by atoms with Gasteiger partial charge in [-0.05, 0) is 25.8 Å². The maximum Gasteiger partial charge on any atom is 0.317 e. The van der Waals surface area contributed by atoms with Crippen LogP contribution in [0.25, 0.3) is 0 Å². The van der Waals surface area contributed by atoms with Gasteiger partial charge in [0.05, 0.1) is 12.2 Å². The molecule has 24 heavy (non-hydrogen) atoms. The van der Waals surface area contributed by atoms with E-state index in [4.69, 9.17) is 0 Å². The Labute approximate surface area is 142 Å². The fourth-order valence-electron chi connectivity index (χ4n) is 3.46. The Morgan fingerprint density at radius 2 is 1.88 bits per heavy atom. The number of piperazine rings is 1. The van der Waals surface area contributed by atoms with Crippen molar-refractivity contribution in [2.45, 2.75) is 45.2 Å². The minimum Gasteiger partial charge on any atom is -0.335 e. The monoisotopic (exact) mass is 333 g/mol. The molecule has 0 bridgehead atoms. The van der Waals surface area contributed by atoms with Crippen LogP contribution in [0, 0.1) is 6.92 Å². The van der Waals surface area contributed by atoms with E-state index in [1.165, 1.54) is 17.5 Å². The summed E-state index contributed by atoms with van der Waals surface area (Å²) in [5, 5.41) is 7.41. The van der Waals surface area contributed by atoms with E-state index in [0.29, 0.717) is 12.6 Å². The second-order valence-corrected chi connectivity index (χ2v) is 6.80. The molecule has 2 aliphatic rings. The molecule has 1 N–H and O–H groups in total. The first kappa shape index (κ1) is 17.0. The van der Waals surface area contributed by atoms with Crippen molar-refractivity contribution >= 4 is 6.03 Å². The van der Waals surface area contributed by atoms with Crippen LogP contribution < -0.4 is 10.9 Å². The number of carbonyl (C=O) groups excluding carboxylic acids is 1. The molecule has 2 heterocycles. The van der Waals surface area contributed by atoms with E-state index in [2.05, 4.69) is 15.3 Å². The minimum absolute atomic E-state index is 0.0600. The third-order valence-electron chi connectivity index (χ3n) is 4.97. The number of urea groups is 1. The lowest BCUT2D eigenvalue weighted by Crippen LogP contribution is -2.53. The Bertz CT molecular complexity index is 616. The molecule has 0 radical (unpaired) electrons. The Morgan fingerprint density at radius 3 is 2.58 bits per heavy atom. The zero-order valence-corrected chi connectivity index (χ0v) is 14.4. The van der Waals surface area contributed by atoms with Crippen molar-refractivity contribution in [3.63, 3.8) is 0 Å².